The predicted molar refractivity (Wildman–Crippen MR) is 199 cm³/mol. The van der Waals surface area contributed by atoms with Gasteiger partial charge < -0.3 is 4.98 Å². The molecule has 0 aliphatic rings. The van der Waals surface area contributed by atoms with E-state index in [9.17, 15) is 4.39 Å². The third kappa shape index (κ3) is 9.26. The Labute approximate surface area is 308 Å². The Hall–Kier alpha value is -2.70. The minimum atomic E-state index is -2.34. The summed E-state index contributed by atoms with van der Waals surface area (Å²) in [6.45, 7) is 7.76. The van der Waals surface area contributed by atoms with Crippen LogP contribution < -0.4 is 4.40 Å². The third-order valence-corrected chi connectivity index (χ3v) is 13.0. The Kier molecular flexibility index (Phi) is 9.85. The molecule has 3 aromatic heterocycles. The average Bonchev–Trinajstić information content (AvgIpc) is 3.42. The van der Waals surface area contributed by atoms with Crippen LogP contribution in [-0.4, -0.2) is 23.2 Å². The summed E-state index contributed by atoms with van der Waals surface area (Å²) in [7, 11) is 0. The van der Waals surface area contributed by atoms with Crippen LogP contribution >= 0.6 is 11.3 Å². The van der Waals surface area contributed by atoms with E-state index in [0.717, 1.165) is 28.4 Å². The van der Waals surface area contributed by atoms with Crippen LogP contribution in [-0.2, 0) is 32.9 Å². The molecule has 0 saturated heterocycles. The number of hydrogen-bond acceptors (Lipinski definition) is 3. The van der Waals surface area contributed by atoms with Gasteiger partial charge in [-0.3, -0.25) is 0 Å². The van der Waals surface area contributed by atoms with Crippen molar-refractivity contribution in [1.82, 2.24) is 9.97 Å². The topological polar surface area (TPSA) is 25.8 Å². The van der Waals surface area contributed by atoms with E-state index < -0.39 is 37.7 Å². The SMILES string of the molecule is [2H]C([2H])([2H])c1c[c-]c(-c2cc(CC(C)C)[c]([Ge]([CH3])([CH3])[CH3])cn2)c(F)c1.[2H]C([2H])(c1ccnc(-c2[c-]ccc3c2sc2ccccc23)c1)C(C)(C)C.[Ir]. The van der Waals surface area contributed by atoms with Gasteiger partial charge in [0.15, 0.2) is 0 Å². The molecule has 6 rings (SSSR count). The van der Waals surface area contributed by atoms with Crippen molar-refractivity contribution in [3.05, 3.63) is 114 Å². The van der Waals surface area contributed by atoms with Crippen molar-refractivity contribution in [2.45, 2.75) is 71.5 Å². The molecule has 0 spiro atoms. The Morgan fingerprint density at radius 1 is 0.957 bits per heavy atom. The first kappa shape index (κ1) is 30.4. The predicted octanol–water partition coefficient (Wildman–Crippen LogP) is 11.2. The molecule has 0 aliphatic heterocycles. The number of fused-ring (bicyclic) bond motifs is 3. The zero-order valence-corrected chi connectivity index (χ0v) is 33.6. The van der Waals surface area contributed by atoms with Crippen LogP contribution in [0.25, 0.3) is 42.7 Å². The van der Waals surface area contributed by atoms with Crippen LogP contribution in [0.1, 0.15) is 58.2 Å². The molecule has 0 bridgehead atoms. The summed E-state index contributed by atoms with van der Waals surface area (Å²) in [5.41, 5.74) is 3.78. The molecule has 0 N–H and O–H groups in total. The van der Waals surface area contributed by atoms with Crippen LogP contribution in [0.4, 0.5) is 4.39 Å². The Balaban J connectivity index is 0.000000229. The van der Waals surface area contributed by atoms with Crippen molar-refractivity contribution in [1.29, 1.82) is 0 Å². The Bertz CT molecular complexity index is 2190. The minimum Gasteiger partial charge on any atom is -0.305 e. The van der Waals surface area contributed by atoms with Gasteiger partial charge in [-0.15, -0.1) is 23.8 Å². The van der Waals surface area contributed by atoms with Crippen molar-refractivity contribution in [3.63, 3.8) is 0 Å². The molecule has 0 fully saturated rings. The number of thiophene rings is 1. The maximum absolute atomic E-state index is 14.5. The minimum absolute atomic E-state index is 0. The van der Waals surface area contributed by atoms with E-state index in [-0.39, 0.29) is 31.2 Å². The van der Waals surface area contributed by atoms with Crippen LogP contribution in [0.5, 0.6) is 0 Å². The van der Waals surface area contributed by atoms with Gasteiger partial charge in [-0.1, -0.05) is 56.0 Å². The zero-order valence-electron chi connectivity index (χ0n) is 33.3. The number of aromatic nitrogens is 2. The monoisotopic (exact) mass is 888 g/mol. The second-order valence-electron chi connectivity index (χ2n) is 14.2. The van der Waals surface area contributed by atoms with E-state index in [1.54, 1.807) is 23.6 Å². The van der Waals surface area contributed by atoms with Crippen molar-refractivity contribution in [2.75, 3.05) is 0 Å². The summed E-state index contributed by atoms with van der Waals surface area (Å²) >= 11 is -0.346. The smallest absolute Gasteiger partial charge is 0.0321 e. The Morgan fingerprint density at radius 2 is 1.70 bits per heavy atom. The van der Waals surface area contributed by atoms with Crippen LogP contribution in [0, 0.1) is 36.1 Å². The van der Waals surface area contributed by atoms with E-state index in [0.29, 0.717) is 17.2 Å². The molecule has 0 saturated carbocycles. The molecule has 2 nitrogen and oxygen atoms in total. The molecular weight excluding hydrogens is 836 g/mol. The molecule has 6 aromatic rings. The van der Waals surface area contributed by atoms with Crippen LogP contribution in [0.3, 0.4) is 0 Å². The second kappa shape index (κ2) is 15.2. The van der Waals surface area contributed by atoms with Gasteiger partial charge in [-0.25, -0.2) is 0 Å². The molecule has 0 aliphatic carbocycles. The van der Waals surface area contributed by atoms with E-state index in [2.05, 4.69) is 83.5 Å². The van der Waals surface area contributed by atoms with Crippen molar-refractivity contribution >= 4 is 49.2 Å². The standard InChI is InChI=1S/C22H20NS.C19H25FGeN.Ir/c1-22(2,3)14-15-11-12-23-19(13-15)18-9-6-8-17-16-7-4-5-10-20(16)24-21(17)18;1-13(2)9-15-11-19(22-12-18(15)21(4,5)6)16-8-7-14(3)10-17(16)20;/h4-8,10-13H,14H2,1-3H3;7,10-13H,9H2,1-6H3;/q2*-1;/i14D2;3D3;. The number of halogens is 1. The molecule has 0 amide bonds. The first-order valence-electron chi connectivity index (χ1n) is 18.2. The number of aryl methyl sites for hydroxylation is 1. The van der Waals surface area contributed by atoms with Crippen molar-refractivity contribution in [3.8, 4) is 22.5 Å². The summed E-state index contributed by atoms with van der Waals surface area (Å²) in [5, 5.41) is 2.44. The van der Waals surface area contributed by atoms with Crippen molar-refractivity contribution in [2.24, 2.45) is 11.3 Å². The van der Waals surface area contributed by atoms with Gasteiger partial charge in [0.25, 0.3) is 0 Å². The number of pyridine rings is 2. The molecule has 6 heteroatoms. The summed E-state index contributed by atoms with van der Waals surface area (Å²) in [4.78, 5) is 9.01. The van der Waals surface area contributed by atoms with Crippen LogP contribution in [0.2, 0.25) is 17.3 Å². The van der Waals surface area contributed by atoms with Gasteiger partial charge in [-0.2, -0.15) is 11.3 Å². The summed E-state index contributed by atoms with van der Waals surface area (Å²) in [6, 6.07) is 26.5. The number of benzene rings is 3. The molecule has 247 valence electrons. The molecule has 3 heterocycles. The van der Waals surface area contributed by atoms with E-state index in [4.69, 9.17) is 6.85 Å². The zero-order chi connectivity index (χ0) is 37.5. The molecular formula is C41H45FGeIrN2S-2. The fraction of sp³-hybridized carbons (Fsp3) is 0.317. The number of hydrogen-bond donors (Lipinski definition) is 0. The van der Waals surface area contributed by atoms with Gasteiger partial charge >= 0.3 is 140 Å². The summed E-state index contributed by atoms with van der Waals surface area (Å²) in [6.07, 6.45) is 3.06. The largest absolute Gasteiger partial charge is 0.305 e. The van der Waals surface area contributed by atoms with Gasteiger partial charge in [0.2, 0.25) is 0 Å². The first-order chi connectivity index (χ1) is 23.7. The molecule has 1 radical (unpaired) electrons. The fourth-order valence-electron chi connectivity index (χ4n) is 5.54. The molecule has 0 unspecified atom stereocenters. The fourth-order valence-corrected chi connectivity index (χ4v) is 10.1. The Morgan fingerprint density at radius 3 is 2.38 bits per heavy atom. The quantitative estimate of drug-likeness (QED) is 0.123. The van der Waals surface area contributed by atoms with Crippen LogP contribution in [0.15, 0.2) is 79.1 Å². The van der Waals surface area contributed by atoms with E-state index in [1.165, 1.54) is 31.5 Å². The first-order valence-corrected chi connectivity index (χ1v) is 23.8. The maximum atomic E-state index is 14.5. The summed E-state index contributed by atoms with van der Waals surface area (Å²) < 4.78 is 57.5. The van der Waals surface area contributed by atoms with Gasteiger partial charge in [-0.05, 0) is 39.7 Å². The van der Waals surface area contributed by atoms with E-state index >= 15 is 0 Å². The summed E-state index contributed by atoms with van der Waals surface area (Å²) in [5.74, 6) is 6.85. The molecule has 3 aromatic carbocycles. The van der Waals surface area contributed by atoms with Gasteiger partial charge in [0, 0.05) is 33.7 Å². The maximum Gasteiger partial charge on any atom is 0.0321 e. The van der Waals surface area contributed by atoms with Gasteiger partial charge in [0.05, 0.1) is 0 Å². The second-order valence-corrected chi connectivity index (χ2v) is 25.8. The average molecular weight is 887 g/mol. The normalized spacial score (nSPS) is 14.0. The number of rotatable bonds is 6. The molecule has 47 heavy (non-hydrogen) atoms. The van der Waals surface area contributed by atoms with Gasteiger partial charge in [0.1, 0.15) is 0 Å². The van der Waals surface area contributed by atoms with E-state index in [1.807, 2.05) is 45.2 Å². The molecule has 0 atom stereocenters. The van der Waals surface area contributed by atoms with Crippen molar-refractivity contribution < 1.29 is 31.3 Å². The third-order valence-electron chi connectivity index (χ3n) is 7.45. The number of nitrogens with zero attached hydrogens (tertiary/aromatic N) is 2.